The van der Waals surface area contributed by atoms with Crippen molar-refractivity contribution in [3.63, 3.8) is 0 Å². The standard InChI is InChI=1S/C12H18N2O2S/c1-4-14(3)12(15)8-17(16)11-7-5-6-10(13)9(11)2/h5-7H,4,8,13H2,1-3H3. The van der Waals surface area contributed by atoms with Crippen LogP contribution in [-0.4, -0.2) is 34.4 Å². The lowest BCUT2D eigenvalue weighted by molar-refractivity contribution is -0.126. The summed E-state index contributed by atoms with van der Waals surface area (Å²) in [5.74, 6) is -0.109. The van der Waals surface area contributed by atoms with Crippen LogP contribution in [0.1, 0.15) is 12.5 Å². The van der Waals surface area contributed by atoms with Crippen LogP contribution in [0.2, 0.25) is 0 Å². The first-order chi connectivity index (χ1) is 7.97. The van der Waals surface area contributed by atoms with E-state index in [1.54, 1.807) is 30.1 Å². The summed E-state index contributed by atoms with van der Waals surface area (Å²) in [4.78, 5) is 13.9. The topological polar surface area (TPSA) is 63.4 Å². The smallest absolute Gasteiger partial charge is 0.235 e. The van der Waals surface area contributed by atoms with Crippen LogP contribution in [0.5, 0.6) is 0 Å². The molecule has 0 fully saturated rings. The molecule has 1 rings (SSSR count). The van der Waals surface area contributed by atoms with Gasteiger partial charge in [-0.05, 0) is 31.5 Å². The van der Waals surface area contributed by atoms with E-state index in [0.29, 0.717) is 17.1 Å². The average molecular weight is 254 g/mol. The van der Waals surface area contributed by atoms with Crippen molar-refractivity contribution in [2.75, 3.05) is 25.1 Å². The number of nitrogens with zero attached hydrogens (tertiary/aromatic N) is 1. The summed E-state index contributed by atoms with van der Waals surface area (Å²) in [7, 11) is 0.371. The lowest BCUT2D eigenvalue weighted by atomic mass is 10.2. The lowest BCUT2D eigenvalue weighted by Gasteiger charge is -2.14. The molecule has 1 atom stereocenters. The number of nitrogen functional groups attached to an aromatic ring is 1. The van der Waals surface area contributed by atoms with Crippen molar-refractivity contribution < 1.29 is 9.00 Å². The SMILES string of the molecule is CCN(C)C(=O)CS(=O)c1cccc(N)c1C. The highest BCUT2D eigenvalue weighted by Crippen LogP contribution is 2.19. The van der Waals surface area contributed by atoms with E-state index in [2.05, 4.69) is 0 Å². The minimum absolute atomic E-state index is 0.00856. The Labute approximate surface area is 104 Å². The molecular formula is C12H18N2O2S. The molecule has 4 nitrogen and oxygen atoms in total. The van der Waals surface area contributed by atoms with Crippen molar-refractivity contribution in [2.45, 2.75) is 18.7 Å². The fourth-order valence-corrected chi connectivity index (χ4v) is 2.64. The molecule has 0 aliphatic rings. The third-order valence-corrected chi connectivity index (χ3v) is 4.17. The fraction of sp³-hybridized carbons (Fsp3) is 0.417. The van der Waals surface area contributed by atoms with Gasteiger partial charge in [0, 0.05) is 24.2 Å². The minimum atomic E-state index is -1.33. The van der Waals surface area contributed by atoms with Gasteiger partial charge in [0.2, 0.25) is 5.91 Å². The molecular weight excluding hydrogens is 236 g/mol. The number of rotatable bonds is 4. The summed E-state index contributed by atoms with van der Waals surface area (Å²) in [6.45, 7) is 4.31. The highest BCUT2D eigenvalue weighted by atomic mass is 32.2. The molecule has 0 radical (unpaired) electrons. The Morgan fingerprint density at radius 1 is 1.47 bits per heavy atom. The van der Waals surface area contributed by atoms with Gasteiger partial charge in [0.05, 0.1) is 10.8 Å². The Kier molecular flexibility index (Phi) is 4.69. The monoisotopic (exact) mass is 254 g/mol. The lowest BCUT2D eigenvalue weighted by Crippen LogP contribution is -2.30. The van der Waals surface area contributed by atoms with Gasteiger partial charge in [0.25, 0.3) is 0 Å². The van der Waals surface area contributed by atoms with E-state index in [4.69, 9.17) is 5.73 Å². The molecule has 0 spiro atoms. The van der Waals surface area contributed by atoms with Crippen LogP contribution in [0.25, 0.3) is 0 Å². The minimum Gasteiger partial charge on any atom is -0.398 e. The van der Waals surface area contributed by atoms with Gasteiger partial charge in [-0.1, -0.05) is 6.07 Å². The molecule has 1 aromatic rings. The molecule has 0 aromatic heterocycles. The Balaban J connectivity index is 2.84. The Morgan fingerprint density at radius 2 is 2.12 bits per heavy atom. The van der Waals surface area contributed by atoms with Crippen molar-refractivity contribution in [1.29, 1.82) is 0 Å². The van der Waals surface area contributed by atoms with E-state index in [9.17, 15) is 9.00 Å². The molecule has 1 amide bonds. The number of anilines is 1. The van der Waals surface area contributed by atoms with Crippen LogP contribution in [0.4, 0.5) is 5.69 Å². The van der Waals surface area contributed by atoms with Crippen molar-refractivity contribution in [2.24, 2.45) is 0 Å². The number of carbonyl (C=O) groups is 1. The zero-order valence-corrected chi connectivity index (χ0v) is 11.2. The van der Waals surface area contributed by atoms with Gasteiger partial charge in [-0.2, -0.15) is 0 Å². The van der Waals surface area contributed by atoms with E-state index < -0.39 is 10.8 Å². The number of hydrogen-bond acceptors (Lipinski definition) is 3. The summed E-state index contributed by atoms with van der Waals surface area (Å²) in [5, 5.41) is 0. The van der Waals surface area contributed by atoms with E-state index in [1.165, 1.54) is 0 Å². The van der Waals surface area contributed by atoms with Gasteiger partial charge in [-0.3, -0.25) is 9.00 Å². The summed E-state index contributed by atoms with van der Waals surface area (Å²) in [6.07, 6.45) is 0. The van der Waals surface area contributed by atoms with Crippen LogP contribution in [0.15, 0.2) is 23.1 Å². The Hall–Kier alpha value is -1.36. The van der Waals surface area contributed by atoms with Crippen molar-refractivity contribution in [3.8, 4) is 0 Å². The maximum atomic E-state index is 12.1. The molecule has 1 unspecified atom stereocenters. The van der Waals surface area contributed by atoms with Crippen LogP contribution >= 0.6 is 0 Å². The number of nitrogens with two attached hydrogens (primary N) is 1. The van der Waals surface area contributed by atoms with Crippen LogP contribution in [0, 0.1) is 6.92 Å². The number of carbonyl (C=O) groups excluding carboxylic acids is 1. The van der Waals surface area contributed by atoms with Gasteiger partial charge < -0.3 is 10.6 Å². The molecule has 2 N–H and O–H groups in total. The first-order valence-electron chi connectivity index (χ1n) is 5.44. The maximum Gasteiger partial charge on any atom is 0.235 e. The van der Waals surface area contributed by atoms with E-state index in [1.807, 2.05) is 13.8 Å². The fourth-order valence-electron chi connectivity index (χ4n) is 1.35. The average Bonchev–Trinajstić information content (AvgIpc) is 2.31. The quantitative estimate of drug-likeness (QED) is 0.820. The molecule has 0 heterocycles. The van der Waals surface area contributed by atoms with Crippen molar-refractivity contribution >= 4 is 22.4 Å². The molecule has 94 valence electrons. The molecule has 0 bridgehead atoms. The highest BCUT2D eigenvalue weighted by Gasteiger charge is 2.15. The van der Waals surface area contributed by atoms with E-state index >= 15 is 0 Å². The predicted molar refractivity (Wildman–Crippen MR) is 70.2 cm³/mol. The predicted octanol–water partition coefficient (Wildman–Crippen LogP) is 1.16. The van der Waals surface area contributed by atoms with Gasteiger partial charge in [0.1, 0.15) is 5.75 Å². The number of amides is 1. The second-order valence-electron chi connectivity index (χ2n) is 3.87. The zero-order valence-electron chi connectivity index (χ0n) is 10.4. The van der Waals surface area contributed by atoms with Gasteiger partial charge in [0.15, 0.2) is 0 Å². The number of hydrogen-bond donors (Lipinski definition) is 1. The second kappa shape index (κ2) is 5.82. The summed E-state index contributed by atoms with van der Waals surface area (Å²) < 4.78 is 12.1. The molecule has 0 aliphatic carbocycles. The van der Waals surface area contributed by atoms with Crippen LogP contribution in [0.3, 0.4) is 0 Å². The molecule has 1 aromatic carbocycles. The third kappa shape index (κ3) is 3.30. The zero-order chi connectivity index (χ0) is 13.0. The second-order valence-corrected chi connectivity index (χ2v) is 5.29. The summed E-state index contributed by atoms with van der Waals surface area (Å²) in [5.41, 5.74) is 7.14. The van der Waals surface area contributed by atoms with Crippen LogP contribution < -0.4 is 5.73 Å². The van der Waals surface area contributed by atoms with Gasteiger partial charge in [-0.15, -0.1) is 0 Å². The largest absolute Gasteiger partial charge is 0.398 e. The molecule has 0 aliphatic heterocycles. The first kappa shape index (κ1) is 13.7. The first-order valence-corrected chi connectivity index (χ1v) is 6.76. The Morgan fingerprint density at radius 3 is 2.71 bits per heavy atom. The van der Waals surface area contributed by atoms with Crippen molar-refractivity contribution in [3.05, 3.63) is 23.8 Å². The van der Waals surface area contributed by atoms with Crippen molar-refractivity contribution in [1.82, 2.24) is 4.90 Å². The van der Waals surface area contributed by atoms with Gasteiger partial charge >= 0.3 is 0 Å². The van der Waals surface area contributed by atoms with Gasteiger partial charge in [-0.25, -0.2) is 0 Å². The molecule has 5 heteroatoms. The molecule has 0 saturated heterocycles. The van der Waals surface area contributed by atoms with E-state index in [-0.39, 0.29) is 11.7 Å². The summed E-state index contributed by atoms with van der Waals surface area (Å²) >= 11 is 0. The molecule has 0 saturated carbocycles. The third-order valence-electron chi connectivity index (χ3n) is 2.73. The highest BCUT2D eigenvalue weighted by molar-refractivity contribution is 7.85. The Bertz CT molecular complexity index is 446. The molecule has 17 heavy (non-hydrogen) atoms. The summed E-state index contributed by atoms with van der Waals surface area (Å²) in [6, 6.07) is 5.26. The normalized spacial score (nSPS) is 12.2. The number of benzene rings is 1. The van der Waals surface area contributed by atoms with Crippen LogP contribution in [-0.2, 0) is 15.6 Å². The maximum absolute atomic E-state index is 12.1. The van der Waals surface area contributed by atoms with E-state index in [0.717, 1.165) is 5.56 Å².